The highest BCUT2D eigenvalue weighted by atomic mass is 32.2. The molecule has 142 valence electrons. The second-order valence-electron chi connectivity index (χ2n) is 6.68. The first-order valence-electron chi connectivity index (χ1n) is 9.19. The van der Waals surface area contributed by atoms with Gasteiger partial charge in [0.2, 0.25) is 0 Å². The third kappa shape index (κ3) is 3.05. The number of benzene rings is 1. The van der Waals surface area contributed by atoms with Crippen molar-refractivity contribution in [1.82, 2.24) is 28.4 Å². The number of hydrogen-bond donors (Lipinski definition) is 0. The number of hydrogen-bond acceptors (Lipinski definition) is 5. The van der Waals surface area contributed by atoms with Gasteiger partial charge in [0.05, 0.1) is 22.8 Å². The van der Waals surface area contributed by atoms with E-state index in [0.717, 1.165) is 40.4 Å². The van der Waals surface area contributed by atoms with E-state index in [9.17, 15) is 0 Å². The van der Waals surface area contributed by atoms with Crippen LogP contribution >= 0.6 is 11.9 Å². The van der Waals surface area contributed by atoms with Crippen molar-refractivity contribution in [3.05, 3.63) is 72.2 Å². The SMILES string of the molecule is Cc1nnc2ccc3c(cc(-c4ccn(SCC#N)n4)n3Cc3ccccc3)n12. The summed E-state index contributed by atoms with van der Waals surface area (Å²) in [4.78, 5) is 0. The van der Waals surface area contributed by atoms with Crippen LogP contribution in [0, 0.1) is 18.3 Å². The van der Waals surface area contributed by atoms with Gasteiger partial charge >= 0.3 is 0 Å². The number of aromatic nitrogens is 6. The lowest BCUT2D eigenvalue weighted by Gasteiger charge is -2.10. The fourth-order valence-corrected chi connectivity index (χ4v) is 4.08. The Bertz CT molecular complexity index is 1350. The highest BCUT2D eigenvalue weighted by molar-refractivity contribution is 7.97. The fourth-order valence-electron chi connectivity index (χ4n) is 3.60. The Morgan fingerprint density at radius 2 is 1.90 bits per heavy atom. The summed E-state index contributed by atoms with van der Waals surface area (Å²) in [6, 6.07) is 20.7. The van der Waals surface area contributed by atoms with Crippen LogP contribution in [0.15, 0.2) is 60.8 Å². The lowest BCUT2D eigenvalue weighted by atomic mass is 10.2. The van der Waals surface area contributed by atoms with Crippen molar-refractivity contribution < 1.29 is 0 Å². The molecule has 0 aliphatic heterocycles. The van der Waals surface area contributed by atoms with Crippen molar-refractivity contribution in [3.8, 4) is 17.5 Å². The van der Waals surface area contributed by atoms with Crippen LogP contribution in [0.4, 0.5) is 0 Å². The van der Waals surface area contributed by atoms with Gasteiger partial charge in [-0.25, -0.2) is 4.09 Å². The molecule has 5 aromatic rings. The topological polar surface area (TPSA) is 76.7 Å². The highest BCUT2D eigenvalue weighted by Crippen LogP contribution is 2.30. The predicted octanol–water partition coefficient (Wildman–Crippen LogP) is 3.92. The van der Waals surface area contributed by atoms with E-state index in [1.807, 2.05) is 31.3 Å². The van der Waals surface area contributed by atoms with E-state index < -0.39 is 0 Å². The summed E-state index contributed by atoms with van der Waals surface area (Å²) in [7, 11) is 0. The summed E-state index contributed by atoms with van der Waals surface area (Å²) in [6.07, 6.45) is 1.89. The van der Waals surface area contributed by atoms with E-state index in [0.29, 0.717) is 5.75 Å². The average molecular weight is 399 g/mol. The zero-order valence-corrected chi connectivity index (χ0v) is 16.5. The van der Waals surface area contributed by atoms with Gasteiger partial charge in [-0.15, -0.1) is 10.2 Å². The van der Waals surface area contributed by atoms with Gasteiger partial charge in [0.1, 0.15) is 17.3 Å². The number of aryl methyl sites for hydroxylation is 1. The summed E-state index contributed by atoms with van der Waals surface area (Å²) >= 11 is 1.37. The van der Waals surface area contributed by atoms with Crippen molar-refractivity contribution in [1.29, 1.82) is 5.26 Å². The van der Waals surface area contributed by atoms with E-state index in [-0.39, 0.29) is 0 Å². The molecule has 5 rings (SSSR count). The summed E-state index contributed by atoms with van der Waals surface area (Å²) in [5, 5.41) is 22.0. The molecular formula is C21H17N7S. The van der Waals surface area contributed by atoms with Gasteiger partial charge in [-0.3, -0.25) is 4.40 Å². The first-order valence-corrected chi connectivity index (χ1v) is 10.1. The van der Waals surface area contributed by atoms with Gasteiger partial charge in [0.25, 0.3) is 0 Å². The molecule has 0 aliphatic rings. The molecule has 0 amide bonds. The minimum absolute atomic E-state index is 0.356. The van der Waals surface area contributed by atoms with Gasteiger partial charge in [-0.05, 0) is 48.7 Å². The monoisotopic (exact) mass is 399 g/mol. The lowest BCUT2D eigenvalue weighted by Crippen LogP contribution is -2.02. The fraction of sp³-hybridized carbons (Fsp3) is 0.143. The molecule has 0 aliphatic carbocycles. The Balaban J connectivity index is 1.71. The zero-order chi connectivity index (χ0) is 19.8. The number of pyridine rings is 1. The third-order valence-electron chi connectivity index (χ3n) is 4.87. The van der Waals surface area contributed by atoms with Crippen LogP contribution in [0.1, 0.15) is 11.4 Å². The first kappa shape index (κ1) is 17.5. The van der Waals surface area contributed by atoms with Crippen LogP contribution in [-0.4, -0.2) is 34.1 Å². The predicted molar refractivity (Wildman–Crippen MR) is 113 cm³/mol. The molecule has 4 aromatic heterocycles. The molecule has 0 atom stereocenters. The van der Waals surface area contributed by atoms with Crippen LogP contribution in [0.5, 0.6) is 0 Å². The Morgan fingerprint density at radius 1 is 1.03 bits per heavy atom. The largest absolute Gasteiger partial charge is 0.333 e. The quantitative estimate of drug-likeness (QED) is 0.448. The van der Waals surface area contributed by atoms with Crippen molar-refractivity contribution in [3.63, 3.8) is 0 Å². The molecule has 0 radical (unpaired) electrons. The molecule has 29 heavy (non-hydrogen) atoms. The van der Waals surface area contributed by atoms with Gasteiger partial charge in [0.15, 0.2) is 5.65 Å². The minimum atomic E-state index is 0.356. The van der Waals surface area contributed by atoms with Gasteiger partial charge in [-0.1, -0.05) is 30.3 Å². The maximum Gasteiger partial charge on any atom is 0.161 e. The summed E-state index contributed by atoms with van der Waals surface area (Å²) < 4.78 is 6.08. The Hall–Kier alpha value is -3.57. The average Bonchev–Trinajstić information content (AvgIpc) is 3.45. The van der Waals surface area contributed by atoms with Crippen LogP contribution in [-0.2, 0) is 6.54 Å². The smallest absolute Gasteiger partial charge is 0.161 e. The maximum atomic E-state index is 8.83. The Labute approximate surface area is 171 Å². The lowest BCUT2D eigenvalue weighted by molar-refractivity contribution is 0.838. The zero-order valence-electron chi connectivity index (χ0n) is 15.7. The summed E-state index contributed by atoms with van der Waals surface area (Å²) in [5.74, 6) is 1.21. The molecule has 0 saturated carbocycles. The highest BCUT2D eigenvalue weighted by Gasteiger charge is 2.17. The molecule has 8 heteroatoms. The van der Waals surface area contributed by atoms with Crippen LogP contribution < -0.4 is 0 Å². The van der Waals surface area contributed by atoms with Crippen molar-refractivity contribution in [2.24, 2.45) is 0 Å². The molecular weight excluding hydrogens is 382 g/mol. The summed E-state index contributed by atoms with van der Waals surface area (Å²) in [5.41, 5.74) is 6.06. The van der Waals surface area contributed by atoms with Crippen molar-refractivity contribution >= 4 is 28.6 Å². The minimum Gasteiger partial charge on any atom is -0.333 e. The van der Waals surface area contributed by atoms with Crippen LogP contribution in [0.25, 0.3) is 28.1 Å². The number of rotatable bonds is 5. The standard InChI is InChI=1S/C21H17N7S/c1-15-23-24-21-8-7-18-20(28(15)21)13-19(17-9-11-27(25-17)29-12-10-22)26(18)14-16-5-3-2-4-6-16/h2-9,11,13H,12,14H2,1H3. The molecule has 7 nitrogen and oxygen atoms in total. The van der Waals surface area contributed by atoms with E-state index in [4.69, 9.17) is 5.26 Å². The Morgan fingerprint density at radius 3 is 2.72 bits per heavy atom. The normalized spacial score (nSPS) is 11.3. The van der Waals surface area contributed by atoms with Crippen molar-refractivity contribution in [2.75, 3.05) is 5.75 Å². The van der Waals surface area contributed by atoms with E-state index >= 15 is 0 Å². The van der Waals surface area contributed by atoms with Gasteiger partial charge < -0.3 is 4.57 Å². The maximum absolute atomic E-state index is 8.83. The first-order chi connectivity index (χ1) is 14.2. The van der Waals surface area contributed by atoms with Crippen LogP contribution in [0.3, 0.4) is 0 Å². The van der Waals surface area contributed by atoms with Gasteiger partial charge in [-0.2, -0.15) is 10.4 Å². The second kappa shape index (κ2) is 7.11. The second-order valence-corrected chi connectivity index (χ2v) is 7.60. The van der Waals surface area contributed by atoms with Crippen LogP contribution in [0.2, 0.25) is 0 Å². The summed E-state index contributed by atoms with van der Waals surface area (Å²) in [6.45, 7) is 2.69. The molecule has 0 spiro atoms. The molecule has 0 saturated heterocycles. The number of nitriles is 1. The van der Waals surface area contributed by atoms with E-state index in [2.05, 4.69) is 66.7 Å². The third-order valence-corrected chi connectivity index (χ3v) is 5.60. The number of nitrogens with zero attached hydrogens (tertiary/aromatic N) is 7. The van der Waals surface area contributed by atoms with E-state index in [1.54, 1.807) is 4.09 Å². The van der Waals surface area contributed by atoms with E-state index in [1.165, 1.54) is 17.5 Å². The molecule has 0 bridgehead atoms. The van der Waals surface area contributed by atoms with Gasteiger partial charge in [0, 0.05) is 12.7 Å². The molecule has 0 unspecified atom stereocenters. The number of fused-ring (bicyclic) bond motifs is 3. The van der Waals surface area contributed by atoms with Crippen molar-refractivity contribution in [2.45, 2.75) is 13.5 Å². The Kier molecular flexibility index (Phi) is 4.30. The molecule has 4 heterocycles. The molecule has 0 fully saturated rings. The molecule has 1 aromatic carbocycles. The molecule has 0 N–H and O–H groups in total.